The van der Waals surface area contributed by atoms with Crippen molar-refractivity contribution < 1.29 is 9.18 Å². The third-order valence-electron chi connectivity index (χ3n) is 5.23. The zero-order chi connectivity index (χ0) is 23.4. The Labute approximate surface area is 191 Å². The molecule has 1 amide bonds. The standard InChI is InChI=1S/C17H10FN3O.C9H12N2/c18-14-7-5-11(6-8-14)17(22)21-16-13(10-19)9-12-3-1-2-4-15(12)20-16;1-11(2)9-5-8-4-3-7(9)6-10-8/h1-9H,(H,20,21,22);3-5,10H,6H2,1-2H3. The van der Waals surface area contributed by atoms with E-state index in [-0.39, 0.29) is 11.4 Å². The second kappa shape index (κ2) is 9.37. The fourth-order valence-corrected chi connectivity index (χ4v) is 3.51. The normalized spacial score (nSPS) is 11.1. The van der Waals surface area contributed by atoms with E-state index in [2.05, 4.69) is 52.8 Å². The van der Waals surface area contributed by atoms with Crippen molar-refractivity contribution in [2.24, 2.45) is 0 Å². The predicted octanol–water partition coefficient (Wildman–Crippen LogP) is 5.18. The van der Waals surface area contributed by atoms with E-state index >= 15 is 0 Å². The molecular formula is C26H22FN5O. The highest BCUT2D eigenvalue weighted by Gasteiger charge is 2.12. The first-order valence-electron chi connectivity index (χ1n) is 10.4. The van der Waals surface area contributed by atoms with Gasteiger partial charge in [0, 0.05) is 43.0 Å². The monoisotopic (exact) mass is 439 g/mol. The molecule has 0 saturated heterocycles. The second-order valence-electron chi connectivity index (χ2n) is 7.74. The number of hydrogen-bond acceptors (Lipinski definition) is 5. The number of rotatable bonds is 3. The highest BCUT2D eigenvalue weighted by atomic mass is 19.1. The molecule has 0 unspecified atom stereocenters. The quantitative estimate of drug-likeness (QED) is 0.460. The summed E-state index contributed by atoms with van der Waals surface area (Å²) in [6, 6.07) is 22.6. The van der Waals surface area contributed by atoms with Gasteiger partial charge in [-0.2, -0.15) is 5.26 Å². The molecule has 0 aliphatic carbocycles. The van der Waals surface area contributed by atoms with Crippen molar-refractivity contribution >= 4 is 34.0 Å². The van der Waals surface area contributed by atoms with Gasteiger partial charge < -0.3 is 15.5 Å². The Morgan fingerprint density at radius 3 is 2.42 bits per heavy atom. The largest absolute Gasteiger partial charge is 0.381 e. The number of nitrogens with zero attached hydrogens (tertiary/aromatic N) is 3. The molecule has 7 heteroatoms. The van der Waals surface area contributed by atoms with E-state index in [1.54, 1.807) is 12.1 Å². The minimum Gasteiger partial charge on any atom is -0.381 e. The van der Waals surface area contributed by atoms with Crippen LogP contribution in [0.4, 0.5) is 21.6 Å². The lowest BCUT2D eigenvalue weighted by atomic mass is 10.1. The highest BCUT2D eigenvalue weighted by molar-refractivity contribution is 6.04. The maximum Gasteiger partial charge on any atom is 0.256 e. The smallest absolute Gasteiger partial charge is 0.256 e. The summed E-state index contributed by atoms with van der Waals surface area (Å²) in [5.41, 5.74) is 5.18. The number of halogens is 1. The van der Waals surface area contributed by atoms with Crippen molar-refractivity contribution in [3.05, 3.63) is 95.3 Å². The number of carbonyl (C=O) groups is 1. The van der Waals surface area contributed by atoms with Crippen LogP contribution in [0.15, 0.2) is 72.8 Å². The first-order valence-corrected chi connectivity index (χ1v) is 10.4. The van der Waals surface area contributed by atoms with Crippen LogP contribution in [-0.2, 0) is 6.54 Å². The number of hydrogen-bond donors (Lipinski definition) is 2. The number of para-hydroxylation sites is 1. The SMILES string of the molecule is CN(C)c1cc2ccc1CN2.N#Cc1cc2ccccc2nc1NC(=O)c1ccc(F)cc1. The molecule has 6 rings (SSSR count). The molecule has 6 nitrogen and oxygen atoms in total. The Morgan fingerprint density at radius 1 is 1.09 bits per heavy atom. The lowest BCUT2D eigenvalue weighted by molar-refractivity contribution is 0.102. The molecule has 33 heavy (non-hydrogen) atoms. The average Bonchev–Trinajstić information content (AvgIpc) is 2.85. The number of aromatic nitrogens is 1. The number of fused-ring (bicyclic) bond motifs is 4. The molecular weight excluding hydrogens is 417 g/mol. The summed E-state index contributed by atoms with van der Waals surface area (Å²) in [6.45, 7) is 0.982. The molecule has 164 valence electrons. The van der Waals surface area contributed by atoms with E-state index in [9.17, 15) is 14.4 Å². The number of carbonyl (C=O) groups excluding carboxylic acids is 1. The van der Waals surface area contributed by atoms with Gasteiger partial charge in [-0.25, -0.2) is 9.37 Å². The van der Waals surface area contributed by atoms with Crippen LogP contribution in [0, 0.1) is 17.1 Å². The molecule has 0 saturated carbocycles. The maximum atomic E-state index is 12.9. The number of benzene rings is 3. The van der Waals surface area contributed by atoms with Crippen LogP contribution in [0.2, 0.25) is 0 Å². The topological polar surface area (TPSA) is 81.1 Å². The number of anilines is 3. The number of nitriles is 1. The zero-order valence-electron chi connectivity index (χ0n) is 18.3. The molecule has 0 spiro atoms. The van der Waals surface area contributed by atoms with Crippen molar-refractivity contribution in [2.45, 2.75) is 6.54 Å². The van der Waals surface area contributed by atoms with Gasteiger partial charge in [0.1, 0.15) is 11.9 Å². The van der Waals surface area contributed by atoms with Crippen molar-refractivity contribution in [1.29, 1.82) is 5.26 Å². The molecule has 2 aliphatic heterocycles. The van der Waals surface area contributed by atoms with Crippen LogP contribution in [0.3, 0.4) is 0 Å². The van der Waals surface area contributed by atoms with Crippen molar-refractivity contribution in [1.82, 2.24) is 4.98 Å². The molecule has 0 radical (unpaired) electrons. The lowest BCUT2D eigenvalue weighted by Gasteiger charge is -2.24. The molecule has 3 aromatic carbocycles. The van der Waals surface area contributed by atoms with Gasteiger partial charge in [-0.05, 0) is 54.1 Å². The highest BCUT2D eigenvalue weighted by Crippen LogP contribution is 2.28. The molecule has 3 heterocycles. The first-order chi connectivity index (χ1) is 15.9. The van der Waals surface area contributed by atoms with Gasteiger partial charge in [-0.1, -0.05) is 24.3 Å². The van der Waals surface area contributed by atoms with Gasteiger partial charge in [-0.15, -0.1) is 0 Å². The van der Waals surface area contributed by atoms with Crippen molar-refractivity contribution in [3.8, 4) is 6.07 Å². The van der Waals surface area contributed by atoms with Crippen LogP contribution < -0.4 is 15.5 Å². The van der Waals surface area contributed by atoms with Crippen LogP contribution in [0.5, 0.6) is 0 Å². The summed E-state index contributed by atoms with van der Waals surface area (Å²) in [6.07, 6.45) is 0. The number of pyridine rings is 1. The molecule has 2 bridgehead atoms. The van der Waals surface area contributed by atoms with Gasteiger partial charge in [-0.3, -0.25) is 4.79 Å². The summed E-state index contributed by atoms with van der Waals surface area (Å²) < 4.78 is 12.9. The first kappa shape index (κ1) is 21.8. The molecule has 1 aromatic heterocycles. The Balaban J connectivity index is 0.000000196. The molecule has 4 aromatic rings. The average molecular weight is 439 g/mol. The lowest BCUT2D eigenvalue weighted by Crippen LogP contribution is -2.16. The third kappa shape index (κ3) is 4.91. The third-order valence-corrected chi connectivity index (χ3v) is 5.23. The summed E-state index contributed by atoms with van der Waals surface area (Å²) in [5.74, 6) is -0.673. The summed E-state index contributed by atoms with van der Waals surface area (Å²) >= 11 is 0. The fourth-order valence-electron chi connectivity index (χ4n) is 3.51. The fraction of sp³-hybridized carbons (Fsp3) is 0.115. The van der Waals surface area contributed by atoms with Gasteiger partial charge >= 0.3 is 0 Å². The summed E-state index contributed by atoms with van der Waals surface area (Å²) in [4.78, 5) is 18.6. The number of amides is 1. The Hall–Kier alpha value is -4.44. The van der Waals surface area contributed by atoms with Gasteiger partial charge in [0.15, 0.2) is 5.82 Å². The maximum absolute atomic E-state index is 12.9. The molecule has 0 atom stereocenters. The van der Waals surface area contributed by atoms with E-state index in [1.165, 1.54) is 41.2 Å². The van der Waals surface area contributed by atoms with Crippen LogP contribution in [0.25, 0.3) is 10.9 Å². The van der Waals surface area contributed by atoms with Gasteiger partial charge in [0.2, 0.25) is 0 Å². The van der Waals surface area contributed by atoms with Crippen molar-refractivity contribution in [3.63, 3.8) is 0 Å². The van der Waals surface area contributed by atoms with E-state index in [4.69, 9.17) is 0 Å². The zero-order valence-corrected chi connectivity index (χ0v) is 18.3. The predicted molar refractivity (Wildman–Crippen MR) is 129 cm³/mol. The Bertz CT molecular complexity index is 1360. The van der Waals surface area contributed by atoms with Crippen LogP contribution in [-0.4, -0.2) is 25.0 Å². The van der Waals surface area contributed by atoms with E-state index < -0.39 is 11.7 Å². The van der Waals surface area contributed by atoms with Gasteiger partial charge in [0.25, 0.3) is 5.91 Å². The number of nitrogens with one attached hydrogen (secondary N) is 2. The van der Waals surface area contributed by atoms with Crippen LogP contribution in [0.1, 0.15) is 21.5 Å². The molecule has 0 fully saturated rings. The minimum atomic E-state index is -0.445. The van der Waals surface area contributed by atoms with Crippen LogP contribution >= 0.6 is 0 Å². The summed E-state index contributed by atoms with van der Waals surface area (Å²) in [7, 11) is 4.15. The van der Waals surface area contributed by atoms with E-state index in [0.29, 0.717) is 11.1 Å². The minimum absolute atomic E-state index is 0.190. The molecule has 2 N–H and O–H groups in total. The second-order valence-corrected chi connectivity index (χ2v) is 7.74. The Kier molecular flexibility index (Phi) is 6.18. The van der Waals surface area contributed by atoms with E-state index in [1.807, 2.05) is 24.3 Å². The van der Waals surface area contributed by atoms with E-state index in [0.717, 1.165) is 11.9 Å². The summed E-state index contributed by atoms with van der Waals surface area (Å²) in [5, 5.41) is 15.9. The molecule has 2 aliphatic rings. The van der Waals surface area contributed by atoms with Crippen molar-refractivity contribution in [2.75, 3.05) is 29.6 Å². The Morgan fingerprint density at radius 2 is 1.85 bits per heavy atom. The van der Waals surface area contributed by atoms with Gasteiger partial charge in [0.05, 0.1) is 11.1 Å².